The van der Waals surface area contributed by atoms with Gasteiger partial charge in [0.2, 0.25) is 5.78 Å². The van der Waals surface area contributed by atoms with Crippen LogP contribution >= 0.6 is 0 Å². The van der Waals surface area contributed by atoms with Gasteiger partial charge in [0.15, 0.2) is 17.3 Å². The van der Waals surface area contributed by atoms with Gasteiger partial charge in [-0.25, -0.2) is 4.79 Å². The lowest BCUT2D eigenvalue weighted by atomic mass is 10.1. The van der Waals surface area contributed by atoms with E-state index in [4.69, 9.17) is 9.47 Å². The van der Waals surface area contributed by atoms with Crippen LogP contribution in [0.2, 0.25) is 0 Å². The maximum atomic E-state index is 11.6. The van der Waals surface area contributed by atoms with Gasteiger partial charge >= 0.3 is 5.97 Å². The molecule has 0 heterocycles. The fraction of sp³-hybridized carbons (Fsp3) is 0.312. The lowest BCUT2D eigenvalue weighted by molar-refractivity contribution is -0.154. The van der Waals surface area contributed by atoms with Gasteiger partial charge in [0.05, 0.1) is 27.2 Å². The van der Waals surface area contributed by atoms with Crippen LogP contribution in [0.4, 0.5) is 0 Å². The second-order valence-corrected chi connectivity index (χ2v) is 4.23. The number of ether oxygens (including phenoxy) is 3. The number of esters is 1. The first-order valence-electron chi connectivity index (χ1n) is 6.64. The van der Waals surface area contributed by atoms with Crippen LogP contribution < -0.4 is 9.47 Å². The number of benzene rings is 1. The molecule has 6 heteroatoms. The SMILES string of the molecule is CCOC(=O)C(=O)CC(=O)/C=C/c1ccc(OC)c(OC)c1. The molecule has 0 fully saturated rings. The number of hydrogen-bond acceptors (Lipinski definition) is 6. The van der Waals surface area contributed by atoms with E-state index in [0.29, 0.717) is 17.1 Å². The molecule has 0 atom stereocenters. The molecule has 0 spiro atoms. The van der Waals surface area contributed by atoms with Crippen LogP contribution in [0.3, 0.4) is 0 Å². The molecule has 0 aliphatic carbocycles. The third-order valence-corrected chi connectivity index (χ3v) is 2.71. The minimum absolute atomic E-state index is 0.0975. The van der Waals surface area contributed by atoms with Crippen molar-refractivity contribution in [2.45, 2.75) is 13.3 Å². The molecule has 0 amide bonds. The van der Waals surface area contributed by atoms with Crippen molar-refractivity contribution in [3.63, 3.8) is 0 Å². The Morgan fingerprint density at radius 1 is 1.09 bits per heavy atom. The quantitative estimate of drug-likeness (QED) is 0.315. The monoisotopic (exact) mass is 306 g/mol. The summed E-state index contributed by atoms with van der Waals surface area (Å²) in [6.45, 7) is 1.68. The van der Waals surface area contributed by atoms with Gasteiger partial charge in [0, 0.05) is 0 Å². The van der Waals surface area contributed by atoms with Gasteiger partial charge in [-0.05, 0) is 30.7 Å². The minimum atomic E-state index is -0.990. The molecule has 0 N–H and O–H groups in total. The number of carbonyl (C=O) groups is 3. The standard InChI is InChI=1S/C16H18O6/c1-4-22-16(19)13(18)10-12(17)7-5-11-6-8-14(20-2)15(9-11)21-3/h5-9H,4,10H2,1-3H3/b7-5+. The van der Waals surface area contributed by atoms with Crippen molar-refractivity contribution in [1.29, 1.82) is 0 Å². The summed E-state index contributed by atoms with van der Waals surface area (Å²) in [6, 6.07) is 5.13. The maximum Gasteiger partial charge on any atom is 0.375 e. The lowest BCUT2D eigenvalue weighted by Gasteiger charge is -2.07. The van der Waals surface area contributed by atoms with Gasteiger partial charge in [-0.2, -0.15) is 0 Å². The number of allylic oxidation sites excluding steroid dienone is 1. The zero-order valence-corrected chi connectivity index (χ0v) is 12.8. The van der Waals surface area contributed by atoms with Gasteiger partial charge in [-0.1, -0.05) is 12.1 Å². The average molecular weight is 306 g/mol. The van der Waals surface area contributed by atoms with Crippen molar-refractivity contribution in [3.05, 3.63) is 29.8 Å². The van der Waals surface area contributed by atoms with Crippen LogP contribution in [0.5, 0.6) is 11.5 Å². The summed E-state index contributed by atoms with van der Waals surface area (Å²) >= 11 is 0. The molecule has 0 saturated carbocycles. The zero-order valence-electron chi connectivity index (χ0n) is 12.8. The second kappa shape index (κ2) is 8.61. The molecule has 1 aromatic rings. The Morgan fingerprint density at radius 2 is 1.77 bits per heavy atom. The predicted octanol–water partition coefficient (Wildman–Crippen LogP) is 1.81. The number of methoxy groups -OCH3 is 2. The van der Waals surface area contributed by atoms with Crippen LogP contribution in [0.15, 0.2) is 24.3 Å². The van der Waals surface area contributed by atoms with E-state index in [2.05, 4.69) is 4.74 Å². The topological polar surface area (TPSA) is 78.9 Å². The Bertz CT molecular complexity index is 588. The zero-order chi connectivity index (χ0) is 16.5. The Labute approximate surface area is 128 Å². The van der Waals surface area contributed by atoms with Crippen molar-refractivity contribution in [2.75, 3.05) is 20.8 Å². The fourth-order valence-electron chi connectivity index (χ4n) is 1.65. The Morgan fingerprint density at radius 3 is 2.36 bits per heavy atom. The fourth-order valence-corrected chi connectivity index (χ4v) is 1.65. The van der Waals surface area contributed by atoms with Gasteiger partial charge in [0.1, 0.15) is 0 Å². The summed E-state index contributed by atoms with van der Waals surface area (Å²) in [5.74, 6) is -1.23. The van der Waals surface area contributed by atoms with Crippen molar-refractivity contribution in [3.8, 4) is 11.5 Å². The first kappa shape index (κ1) is 17.4. The normalized spacial score (nSPS) is 10.3. The predicted molar refractivity (Wildman–Crippen MR) is 79.8 cm³/mol. The molecule has 6 nitrogen and oxygen atoms in total. The molecule has 0 aromatic heterocycles. The highest BCUT2D eigenvalue weighted by Gasteiger charge is 2.17. The van der Waals surface area contributed by atoms with Crippen molar-refractivity contribution < 1.29 is 28.6 Å². The molecule has 0 saturated heterocycles. The Hall–Kier alpha value is -2.63. The summed E-state index contributed by atoms with van der Waals surface area (Å²) in [5, 5.41) is 0. The lowest BCUT2D eigenvalue weighted by Crippen LogP contribution is -2.19. The second-order valence-electron chi connectivity index (χ2n) is 4.23. The highest BCUT2D eigenvalue weighted by Crippen LogP contribution is 2.27. The number of carbonyl (C=O) groups excluding carboxylic acids is 3. The summed E-state index contributed by atoms with van der Waals surface area (Å²) in [5.41, 5.74) is 0.703. The minimum Gasteiger partial charge on any atom is -0.493 e. The van der Waals surface area contributed by atoms with Crippen LogP contribution in [0.1, 0.15) is 18.9 Å². The number of hydrogen-bond donors (Lipinski definition) is 0. The van der Waals surface area contributed by atoms with Crippen LogP contribution in [0, 0.1) is 0 Å². The Kier molecular flexibility index (Phi) is 6.82. The molecular weight excluding hydrogens is 288 g/mol. The van der Waals surface area contributed by atoms with Crippen molar-refractivity contribution in [2.24, 2.45) is 0 Å². The molecule has 22 heavy (non-hydrogen) atoms. The molecule has 0 unspecified atom stereocenters. The van der Waals surface area contributed by atoms with E-state index in [1.807, 2.05) is 0 Å². The summed E-state index contributed by atoms with van der Waals surface area (Å²) in [4.78, 5) is 34.1. The van der Waals surface area contributed by atoms with E-state index < -0.39 is 24.0 Å². The Balaban J connectivity index is 2.70. The third-order valence-electron chi connectivity index (χ3n) is 2.71. The van der Waals surface area contributed by atoms with Gasteiger partial charge in [0.25, 0.3) is 0 Å². The highest BCUT2D eigenvalue weighted by atomic mass is 16.5. The van der Waals surface area contributed by atoms with E-state index in [1.54, 1.807) is 25.1 Å². The molecule has 1 rings (SSSR count). The smallest absolute Gasteiger partial charge is 0.375 e. The third kappa shape index (κ3) is 5.05. The van der Waals surface area contributed by atoms with Gasteiger partial charge < -0.3 is 14.2 Å². The van der Waals surface area contributed by atoms with Gasteiger partial charge in [-0.3, -0.25) is 9.59 Å². The molecule has 0 radical (unpaired) electrons. The molecular formula is C16H18O6. The molecule has 0 aliphatic rings. The summed E-state index contributed by atoms with van der Waals surface area (Å²) in [6.07, 6.45) is 2.25. The molecule has 0 aliphatic heterocycles. The largest absolute Gasteiger partial charge is 0.493 e. The highest BCUT2D eigenvalue weighted by molar-refractivity contribution is 6.37. The van der Waals surface area contributed by atoms with E-state index in [-0.39, 0.29) is 6.61 Å². The number of ketones is 2. The van der Waals surface area contributed by atoms with E-state index in [0.717, 1.165) is 0 Å². The first-order chi connectivity index (χ1) is 10.5. The molecule has 1 aromatic carbocycles. The van der Waals surface area contributed by atoms with Crippen LogP contribution in [-0.4, -0.2) is 38.4 Å². The van der Waals surface area contributed by atoms with Gasteiger partial charge in [-0.15, -0.1) is 0 Å². The molecule has 118 valence electrons. The average Bonchev–Trinajstić information content (AvgIpc) is 2.52. The number of Topliss-reactive ketones (excluding diaryl/α,β-unsaturated/α-hetero) is 1. The van der Waals surface area contributed by atoms with Crippen molar-refractivity contribution in [1.82, 2.24) is 0 Å². The van der Waals surface area contributed by atoms with Crippen LogP contribution in [0.25, 0.3) is 6.08 Å². The van der Waals surface area contributed by atoms with Crippen molar-refractivity contribution >= 4 is 23.6 Å². The van der Waals surface area contributed by atoms with E-state index >= 15 is 0 Å². The first-order valence-corrected chi connectivity index (χ1v) is 6.64. The maximum absolute atomic E-state index is 11.6. The van der Waals surface area contributed by atoms with Crippen LogP contribution in [-0.2, 0) is 19.1 Å². The summed E-state index contributed by atoms with van der Waals surface area (Å²) in [7, 11) is 3.03. The number of rotatable bonds is 8. The van der Waals surface area contributed by atoms with E-state index in [9.17, 15) is 14.4 Å². The van der Waals surface area contributed by atoms with E-state index in [1.165, 1.54) is 26.4 Å². The summed E-state index contributed by atoms with van der Waals surface area (Å²) < 4.78 is 14.8. The molecule has 0 bridgehead atoms.